The van der Waals surface area contributed by atoms with Crippen LogP contribution in [0.25, 0.3) is 0 Å². The van der Waals surface area contributed by atoms with Gasteiger partial charge in [0.05, 0.1) is 13.2 Å². The molecule has 106 valence electrons. The number of aromatic nitrogens is 1. The zero-order chi connectivity index (χ0) is 14.7. The second-order valence-electron chi connectivity index (χ2n) is 4.97. The highest BCUT2D eigenvalue weighted by atomic mass is 16.5. The molecule has 0 aliphatic heterocycles. The van der Waals surface area contributed by atoms with Crippen LogP contribution in [0.3, 0.4) is 0 Å². The zero-order valence-electron chi connectivity index (χ0n) is 12.4. The first-order valence-corrected chi connectivity index (χ1v) is 6.61. The van der Waals surface area contributed by atoms with Crippen molar-refractivity contribution in [1.82, 2.24) is 10.4 Å². The van der Waals surface area contributed by atoms with E-state index in [0.29, 0.717) is 0 Å². The number of ether oxygens (including phenoxy) is 1. The SMILES string of the molecule is COc1ccc(C)cc1C(NN)c1ccc(C)nc1C. The summed E-state index contributed by atoms with van der Waals surface area (Å²) in [6, 6.07) is 9.99. The van der Waals surface area contributed by atoms with Gasteiger partial charge in [0.25, 0.3) is 0 Å². The Morgan fingerprint density at radius 3 is 2.45 bits per heavy atom. The molecule has 0 radical (unpaired) electrons. The van der Waals surface area contributed by atoms with E-state index in [1.807, 2.05) is 32.0 Å². The van der Waals surface area contributed by atoms with Gasteiger partial charge < -0.3 is 4.74 Å². The Hall–Kier alpha value is -1.91. The van der Waals surface area contributed by atoms with E-state index >= 15 is 0 Å². The summed E-state index contributed by atoms with van der Waals surface area (Å²) >= 11 is 0. The van der Waals surface area contributed by atoms with Gasteiger partial charge in [0.2, 0.25) is 0 Å². The Morgan fingerprint density at radius 2 is 1.85 bits per heavy atom. The molecule has 1 aromatic heterocycles. The van der Waals surface area contributed by atoms with Crippen LogP contribution in [0.2, 0.25) is 0 Å². The van der Waals surface area contributed by atoms with E-state index in [1.165, 1.54) is 5.56 Å². The largest absolute Gasteiger partial charge is 0.496 e. The van der Waals surface area contributed by atoms with Crippen molar-refractivity contribution in [2.24, 2.45) is 5.84 Å². The average Bonchev–Trinajstić information content (AvgIpc) is 2.42. The monoisotopic (exact) mass is 271 g/mol. The fourth-order valence-corrected chi connectivity index (χ4v) is 2.43. The van der Waals surface area contributed by atoms with Crippen LogP contribution in [0, 0.1) is 20.8 Å². The molecule has 0 bridgehead atoms. The number of benzene rings is 1. The van der Waals surface area contributed by atoms with Crippen molar-refractivity contribution in [3.63, 3.8) is 0 Å². The van der Waals surface area contributed by atoms with Gasteiger partial charge in [-0.15, -0.1) is 0 Å². The lowest BCUT2D eigenvalue weighted by Crippen LogP contribution is -2.30. The predicted octanol–water partition coefficient (Wildman–Crippen LogP) is 2.57. The number of nitrogens with zero attached hydrogens (tertiary/aromatic N) is 1. The lowest BCUT2D eigenvalue weighted by atomic mass is 9.95. The Balaban J connectivity index is 2.54. The summed E-state index contributed by atoms with van der Waals surface area (Å²) < 4.78 is 5.45. The van der Waals surface area contributed by atoms with Gasteiger partial charge in [-0.1, -0.05) is 23.8 Å². The van der Waals surface area contributed by atoms with Gasteiger partial charge >= 0.3 is 0 Å². The van der Waals surface area contributed by atoms with Gasteiger partial charge in [-0.2, -0.15) is 0 Å². The molecule has 0 saturated carbocycles. The molecule has 1 unspecified atom stereocenters. The fraction of sp³-hybridized carbons (Fsp3) is 0.312. The standard InChI is InChI=1S/C16H21N3O/c1-10-5-8-15(20-4)14(9-10)16(19-17)13-7-6-11(2)18-12(13)3/h5-9,16,19H,17H2,1-4H3. The van der Waals surface area contributed by atoms with E-state index in [0.717, 1.165) is 28.3 Å². The average molecular weight is 271 g/mol. The number of methoxy groups -OCH3 is 1. The molecule has 2 rings (SSSR count). The molecule has 2 aromatic rings. The lowest BCUT2D eigenvalue weighted by Gasteiger charge is -2.21. The number of nitrogens with two attached hydrogens (primary N) is 1. The minimum Gasteiger partial charge on any atom is -0.496 e. The number of hydrogen-bond acceptors (Lipinski definition) is 4. The molecule has 4 heteroatoms. The summed E-state index contributed by atoms with van der Waals surface area (Å²) in [6.07, 6.45) is 0. The number of hydrazine groups is 1. The highest BCUT2D eigenvalue weighted by molar-refractivity contribution is 5.44. The second-order valence-corrected chi connectivity index (χ2v) is 4.97. The van der Waals surface area contributed by atoms with Crippen molar-refractivity contribution in [2.75, 3.05) is 7.11 Å². The second kappa shape index (κ2) is 6.03. The van der Waals surface area contributed by atoms with E-state index in [1.54, 1.807) is 7.11 Å². The molecule has 4 nitrogen and oxygen atoms in total. The summed E-state index contributed by atoms with van der Waals surface area (Å²) in [5, 5.41) is 0. The van der Waals surface area contributed by atoms with Crippen LogP contribution in [0.5, 0.6) is 5.75 Å². The molecule has 1 heterocycles. The molecule has 0 aliphatic carbocycles. The number of hydrogen-bond donors (Lipinski definition) is 2. The number of pyridine rings is 1. The summed E-state index contributed by atoms with van der Waals surface area (Å²) in [7, 11) is 1.67. The topological polar surface area (TPSA) is 60.2 Å². The minimum atomic E-state index is -0.141. The Kier molecular flexibility index (Phi) is 4.37. The number of nitrogens with one attached hydrogen (secondary N) is 1. The van der Waals surface area contributed by atoms with Crippen molar-refractivity contribution in [3.8, 4) is 5.75 Å². The van der Waals surface area contributed by atoms with Crippen molar-refractivity contribution < 1.29 is 4.74 Å². The van der Waals surface area contributed by atoms with Crippen molar-refractivity contribution in [2.45, 2.75) is 26.8 Å². The first-order valence-electron chi connectivity index (χ1n) is 6.61. The summed E-state index contributed by atoms with van der Waals surface area (Å²) in [6.45, 7) is 6.03. The highest BCUT2D eigenvalue weighted by Crippen LogP contribution is 2.31. The summed E-state index contributed by atoms with van der Waals surface area (Å²) in [5.74, 6) is 6.60. The quantitative estimate of drug-likeness (QED) is 0.663. The first kappa shape index (κ1) is 14.5. The fourth-order valence-electron chi connectivity index (χ4n) is 2.43. The molecule has 3 N–H and O–H groups in total. The van der Waals surface area contributed by atoms with Crippen molar-refractivity contribution in [3.05, 3.63) is 58.4 Å². The van der Waals surface area contributed by atoms with Crippen LogP contribution in [0.1, 0.15) is 34.1 Å². The van der Waals surface area contributed by atoms with E-state index in [2.05, 4.69) is 29.5 Å². The third kappa shape index (κ3) is 2.81. The molecule has 0 aliphatic rings. The normalized spacial score (nSPS) is 12.2. The summed E-state index contributed by atoms with van der Waals surface area (Å²) in [5.41, 5.74) is 8.08. The highest BCUT2D eigenvalue weighted by Gasteiger charge is 2.19. The van der Waals surface area contributed by atoms with Gasteiger partial charge in [-0.25, -0.2) is 5.43 Å². The van der Waals surface area contributed by atoms with Crippen LogP contribution in [0.4, 0.5) is 0 Å². The van der Waals surface area contributed by atoms with Crippen LogP contribution in [0.15, 0.2) is 30.3 Å². The predicted molar refractivity (Wildman–Crippen MR) is 80.6 cm³/mol. The maximum absolute atomic E-state index is 5.78. The van der Waals surface area contributed by atoms with Gasteiger partial charge in [-0.3, -0.25) is 10.8 Å². The van der Waals surface area contributed by atoms with Crippen LogP contribution < -0.4 is 16.0 Å². The third-order valence-electron chi connectivity index (χ3n) is 3.44. The third-order valence-corrected chi connectivity index (χ3v) is 3.44. The van der Waals surface area contributed by atoms with E-state index < -0.39 is 0 Å². The van der Waals surface area contributed by atoms with Crippen LogP contribution in [-0.4, -0.2) is 12.1 Å². The molecule has 1 aromatic carbocycles. The number of aryl methyl sites for hydroxylation is 3. The van der Waals surface area contributed by atoms with E-state index in [-0.39, 0.29) is 6.04 Å². The lowest BCUT2D eigenvalue weighted by molar-refractivity contribution is 0.404. The Morgan fingerprint density at radius 1 is 1.10 bits per heavy atom. The molecule has 20 heavy (non-hydrogen) atoms. The molecular weight excluding hydrogens is 250 g/mol. The van der Waals surface area contributed by atoms with Gasteiger partial charge in [0.15, 0.2) is 0 Å². The Bertz CT molecular complexity index is 611. The van der Waals surface area contributed by atoms with Gasteiger partial charge in [0, 0.05) is 17.0 Å². The van der Waals surface area contributed by atoms with Crippen LogP contribution in [-0.2, 0) is 0 Å². The maximum atomic E-state index is 5.78. The smallest absolute Gasteiger partial charge is 0.124 e. The van der Waals surface area contributed by atoms with E-state index in [9.17, 15) is 0 Å². The molecule has 0 saturated heterocycles. The summed E-state index contributed by atoms with van der Waals surface area (Å²) in [4.78, 5) is 4.51. The molecule has 0 amide bonds. The Labute approximate surface area is 120 Å². The molecule has 0 spiro atoms. The van der Waals surface area contributed by atoms with E-state index in [4.69, 9.17) is 10.6 Å². The van der Waals surface area contributed by atoms with Crippen molar-refractivity contribution in [1.29, 1.82) is 0 Å². The number of rotatable bonds is 4. The van der Waals surface area contributed by atoms with Crippen molar-refractivity contribution >= 4 is 0 Å². The van der Waals surface area contributed by atoms with Gasteiger partial charge in [0.1, 0.15) is 5.75 Å². The van der Waals surface area contributed by atoms with Crippen LogP contribution >= 0.6 is 0 Å². The van der Waals surface area contributed by atoms with Gasteiger partial charge in [-0.05, 0) is 38.5 Å². The zero-order valence-corrected chi connectivity index (χ0v) is 12.4. The molecular formula is C16H21N3O. The maximum Gasteiger partial charge on any atom is 0.124 e. The first-order chi connectivity index (χ1) is 9.56. The molecule has 1 atom stereocenters. The minimum absolute atomic E-state index is 0.141. The molecule has 0 fully saturated rings.